The molecule has 176 valence electrons. The first-order chi connectivity index (χ1) is 16.4. The molecule has 0 bridgehead atoms. The quantitative estimate of drug-likeness (QED) is 0.398. The largest absolute Gasteiger partial charge is 0.490 e. The van der Waals surface area contributed by atoms with Crippen LogP contribution in [0.25, 0.3) is 16.9 Å². The summed E-state index contributed by atoms with van der Waals surface area (Å²) in [5, 5.41) is 17.1. The van der Waals surface area contributed by atoms with Gasteiger partial charge in [-0.2, -0.15) is 4.98 Å². The summed E-state index contributed by atoms with van der Waals surface area (Å²) in [7, 11) is 0. The van der Waals surface area contributed by atoms with E-state index < -0.39 is 11.4 Å². The number of nitrogens with one attached hydrogen (secondary N) is 2. The highest BCUT2D eigenvalue weighted by Gasteiger charge is 2.20. The Labute approximate surface area is 196 Å². The lowest BCUT2D eigenvalue weighted by Crippen LogP contribution is -2.34. The third-order valence-corrected chi connectivity index (χ3v) is 5.80. The van der Waals surface area contributed by atoms with Crippen molar-refractivity contribution < 1.29 is 14.2 Å². The predicted molar refractivity (Wildman–Crippen MR) is 128 cm³/mol. The minimum Gasteiger partial charge on any atom is -0.490 e. The second-order valence-corrected chi connectivity index (χ2v) is 8.93. The van der Waals surface area contributed by atoms with Gasteiger partial charge in [-0.05, 0) is 76.2 Å². The van der Waals surface area contributed by atoms with Crippen LogP contribution in [0, 0.1) is 5.82 Å². The highest BCUT2D eigenvalue weighted by Crippen LogP contribution is 2.26. The maximum Gasteiger partial charge on any atom is 0.229 e. The van der Waals surface area contributed by atoms with Gasteiger partial charge in [-0.25, -0.2) is 14.4 Å². The molecule has 0 amide bonds. The van der Waals surface area contributed by atoms with Crippen molar-refractivity contribution in [1.82, 2.24) is 24.8 Å². The van der Waals surface area contributed by atoms with E-state index in [4.69, 9.17) is 4.74 Å². The van der Waals surface area contributed by atoms with Crippen molar-refractivity contribution in [2.24, 2.45) is 0 Å². The molecule has 0 unspecified atom stereocenters. The van der Waals surface area contributed by atoms with Gasteiger partial charge in [0.15, 0.2) is 11.5 Å². The summed E-state index contributed by atoms with van der Waals surface area (Å²) >= 11 is 0. The Hall–Kier alpha value is -3.56. The molecule has 0 aliphatic carbocycles. The summed E-state index contributed by atoms with van der Waals surface area (Å²) in [6.45, 7) is 5.26. The van der Waals surface area contributed by atoms with Crippen LogP contribution in [0.4, 0.5) is 16.0 Å². The van der Waals surface area contributed by atoms with Gasteiger partial charge in [-0.15, -0.1) is 0 Å². The van der Waals surface area contributed by atoms with Gasteiger partial charge in [-0.1, -0.05) is 6.07 Å². The molecule has 0 saturated carbocycles. The number of halogens is 1. The Morgan fingerprint density at radius 1 is 1.12 bits per heavy atom. The zero-order valence-electron chi connectivity index (χ0n) is 19.1. The zero-order chi connectivity index (χ0) is 23.7. The fourth-order valence-corrected chi connectivity index (χ4v) is 3.95. The Bertz CT molecular complexity index is 1290. The SMILES string of the molecule is CC(C)(O)c1cccc(-n2cc(F)c3cnc(Nc4ccc(OC5CCNCC5)cc4)nc32)n1. The van der Waals surface area contributed by atoms with E-state index in [0.717, 1.165) is 37.4 Å². The molecule has 8 nitrogen and oxygen atoms in total. The van der Waals surface area contributed by atoms with Crippen LogP contribution in [0.1, 0.15) is 32.4 Å². The van der Waals surface area contributed by atoms with Crippen molar-refractivity contribution in [3.05, 3.63) is 66.4 Å². The third-order valence-electron chi connectivity index (χ3n) is 5.80. The lowest BCUT2D eigenvalue weighted by atomic mass is 10.1. The van der Waals surface area contributed by atoms with E-state index >= 15 is 0 Å². The van der Waals surface area contributed by atoms with Crippen molar-refractivity contribution in [1.29, 1.82) is 0 Å². The lowest BCUT2D eigenvalue weighted by molar-refractivity contribution is 0.0738. The molecule has 0 atom stereocenters. The van der Waals surface area contributed by atoms with Gasteiger partial charge in [0.2, 0.25) is 5.95 Å². The number of anilines is 2. The molecule has 3 aromatic heterocycles. The lowest BCUT2D eigenvalue weighted by Gasteiger charge is -2.23. The minimum absolute atomic E-state index is 0.233. The van der Waals surface area contributed by atoms with Gasteiger partial charge in [-0.3, -0.25) is 4.57 Å². The van der Waals surface area contributed by atoms with Crippen LogP contribution in [0.2, 0.25) is 0 Å². The number of aliphatic hydroxyl groups is 1. The molecule has 1 aromatic carbocycles. The number of pyridine rings is 1. The van der Waals surface area contributed by atoms with Gasteiger partial charge >= 0.3 is 0 Å². The molecular formula is C25H27FN6O2. The van der Waals surface area contributed by atoms with Crippen LogP contribution in [-0.2, 0) is 5.60 Å². The van der Waals surface area contributed by atoms with E-state index in [2.05, 4.69) is 25.6 Å². The average molecular weight is 463 g/mol. The molecule has 0 spiro atoms. The number of hydrogen-bond donors (Lipinski definition) is 3. The minimum atomic E-state index is -1.12. The molecule has 34 heavy (non-hydrogen) atoms. The van der Waals surface area contributed by atoms with Crippen LogP contribution in [0.15, 0.2) is 54.9 Å². The molecule has 1 saturated heterocycles. The molecule has 0 radical (unpaired) electrons. The van der Waals surface area contributed by atoms with E-state index in [0.29, 0.717) is 23.1 Å². The van der Waals surface area contributed by atoms with Crippen LogP contribution in [0.3, 0.4) is 0 Å². The summed E-state index contributed by atoms with van der Waals surface area (Å²) in [5.74, 6) is 1.16. The third kappa shape index (κ3) is 4.71. The van der Waals surface area contributed by atoms with Gasteiger partial charge in [0.05, 0.1) is 11.1 Å². The smallest absolute Gasteiger partial charge is 0.229 e. The van der Waals surface area contributed by atoms with Crippen molar-refractivity contribution in [3.8, 4) is 11.6 Å². The topological polar surface area (TPSA) is 97.1 Å². The number of aromatic nitrogens is 4. The highest BCUT2D eigenvalue weighted by molar-refractivity contribution is 5.79. The fourth-order valence-electron chi connectivity index (χ4n) is 3.95. The molecule has 4 aromatic rings. The van der Waals surface area contributed by atoms with Gasteiger partial charge in [0.1, 0.15) is 23.3 Å². The van der Waals surface area contributed by atoms with E-state index in [-0.39, 0.29) is 11.5 Å². The van der Waals surface area contributed by atoms with E-state index in [1.165, 1.54) is 12.4 Å². The summed E-state index contributed by atoms with van der Waals surface area (Å²) in [4.78, 5) is 13.3. The van der Waals surface area contributed by atoms with E-state index in [1.54, 1.807) is 36.6 Å². The maximum atomic E-state index is 14.6. The van der Waals surface area contributed by atoms with E-state index in [9.17, 15) is 9.50 Å². The second-order valence-electron chi connectivity index (χ2n) is 8.93. The van der Waals surface area contributed by atoms with Crippen molar-refractivity contribution in [2.75, 3.05) is 18.4 Å². The second kappa shape index (κ2) is 9.00. The van der Waals surface area contributed by atoms with Crippen LogP contribution < -0.4 is 15.4 Å². The summed E-state index contributed by atoms with van der Waals surface area (Å²) < 4.78 is 22.2. The van der Waals surface area contributed by atoms with Gasteiger partial charge < -0.3 is 20.5 Å². The van der Waals surface area contributed by atoms with Crippen molar-refractivity contribution >= 4 is 22.7 Å². The predicted octanol–water partition coefficient (Wildman–Crippen LogP) is 4.06. The molecule has 1 aliphatic rings. The number of benzene rings is 1. The van der Waals surface area contributed by atoms with E-state index in [1.807, 2.05) is 24.3 Å². The van der Waals surface area contributed by atoms with Crippen molar-refractivity contribution in [2.45, 2.75) is 38.4 Å². The summed E-state index contributed by atoms with van der Waals surface area (Å²) in [5.41, 5.74) is 0.522. The molecule has 1 aliphatic heterocycles. The summed E-state index contributed by atoms with van der Waals surface area (Å²) in [6.07, 6.45) is 5.00. The van der Waals surface area contributed by atoms with Crippen LogP contribution >= 0.6 is 0 Å². The average Bonchev–Trinajstić information content (AvgIpc) is 3.16. The molecule has 9 heteroatoms. The zero-order valence-corrected chi connectivity index (χ0v) is 19.1. The first kappa shape index (κ1) is 22.2. The number of hydrogen-bond acceptors (Lipinski definition) is 7. The fraction of sp³-hybridized carbons (Fsp3) is 0.320. The molecule has 3 N–H and O–H groups in total. The molecule has 4 heterocycles. The van der Waals surface area contributed by atoms with Crippen LogP contribution in [0.5, 0.6) is 5.75 Å². The Kier molecular flexibility index (Phi) is 5.89. The number of ether oxygens (including phenoxy) is 1. The molecule has 1 fully saturated rings. The number of fused-ring (bicyclic) bond motifs is 1. The number of rotatable bonds is 6. The van der Waals surface area contributed by atoms with Gasteiger partial charge in [0.25, 0.3) is 0 Å². The van der Waals surface area contributed by atoms with Gasteiger partial charge in [0, 0.05) is 18.1 Å². The normalized spacial score (nSPS) is 14.9. The Morgan fingerprint density at radius 2 is 1.88 bits per heavy atom. The molecular weight excluding hydrogens is 435 g/mol. The monoisotopic (exact) mass is 462 g/mol. The first-order valence-corrected chi connectivity index (χ1v) is 11.4. The van der Waals surface area contributed by atoms with Crippen molar-refractivity contribution in [3.63, 3.8) is 0 Å². The molecule has 5 rings (SSSR count). The first-order valence-electron chi connectivity index (χ1n) is 11.4. The highest BCUT2D eigenvalue weighted by atomic mass is 19.1. The standard InChI is InChI=1S/C25H27FN6O2/c1-25(2,33)21-4-3-5-22(30-21)32-15-20(26)19-14-28-24(31-23(19)32)29-16-6-8-17(9-7-16)34-18-10-12-27-13-11-18/h3-9,14-15,18,27,33H,10-13H2,1-2H3,(H,28,29,31). The maximum absolute atomic E-state index is 14.6. The number of nitrogens with zero attached hydrogens (tertiary/aromatic N) is 4. The Balaban J connectivity index is 1.39. The Morgan fingerprint density at radius 3 is 2.62 bits per heavy atom. The van der Waals surface area contributed by atoms with Crippen LogP contribution in [-0.4, -0.2) is 43.8 Å². The summed E-state index contributed by atoms with van der Waals surface area (Å²) in [6, 6.07) is 12.9. The number of piperidine rings is 1.